The van der Waals surface area contributed by atoms with Crippen LogP contribution >= 0.6 is 0 Å². The minimum atomic E-state index is -0.0668. The second-order valence-corrected chi connectivity index (χ2v) is 8.19. The van der Waals surface area contributed by atoms with Crippen LogP contribution < -0.4 is 15.0 Å². The number of hydrogen-bond acceptors (Lipinski definition) is 5. The van der Waals surface area contributed by atoms with Crippen molar-refractivity contribution in [1.82, 2.24) is 15.1 Å². The summed E-state index contributed by atoms with van der Waals surface area (Å²) >= 11 is 0. The highest BCUT2D eigenvalue weighted by Gasteiger charge is 2.22. The van der Waals surface area contributed by atoms with Gasteiger partial charge in [0.2, 0.25) is 0 Å². The molecule has 1 fully saturated rings. The molecule has 166 valence electrons. The molecule has 0 atom stereocenters. The number of carbonyl (C=O) groups excluding carboxylic acids is 1. The molecule has 1 saturated heterocycles. The summed E-state index contributed by atoms with van der Waals surface area (Å²) in [5, 5.41) is 11.8. The molecule has 2 aromatic carbocycles. The van der Waals surface area contributed by atoms with Gasteiger partial charge in [-0.1, -0.05) is 26.0 Å². The van der Waals surface area contributed by atoms with Crippen LogP contribution in [0.2, 0.25) is 0 Å². The van der Waals surface area contributed by atoms with Crippen molar-refractivity contribution < 1.29 is 9.53 Å². The molecule has 0 radical (unpaired) electrons. The van der Waals surface area contributed by atoms with E-state index in [1.54, 1.807) is 7.11 Å². The lowest BCUT2D eigenvalue weighted by atomic mass is 10.0. The van der Waals surface area contributed by atoms with Crippen molar-refractivity contribution in [3.8, 4) is 17.0 Å². The van der Waals surface area contributed by atoms with Crippen LogP contribution in [-0.2, 0) is 0 Å². The third-order valence-corrected chi connectivity index (χ3v) is 5.76. The molecule has 1 aromatic heterocycles. The van der Waals surface area contributed by atoms with Gasteiger partial charge in [-0.15, -0.1) is 10.2 Å². The van der Waals surface area contributed by atoms with Gasteiger partial charge in [0.25, 0.3) is 0 Å². The molecule has 0 saturated carbocycles. The van der Waals surface area contributed by atoms with Crippen LogP contribution in [0.4, 0.5) is 16.3 Å². The first kappa shape index (κ1) is 21.6. The maximum absolute atomic E-state index is 12.6. The minimum Gasteiger partial charge on any atom is -0.497 e. The number of piperazine rings is 1. The number of urea groups is 1. The van der Waals surface area contributed by atoms with Crippen LogP contribution in [0, 0.1) is 0 Å². The average Bonchev–Trinajstić information content (AvgIpc) is 2.84. The number of amides is 2. The van der Waals surface area contributed by atoms with Crippen LogP contribution in [0.15, 0.2) is 60.7 Å². The van der Waals surface area contributed by atoms with Gasteiger partial charge in [0, 0.05) is 37.4 Å². The molecule has 1 aliphatic heterocycles. The lowest BCUT2D eigenvalue weighted by Crippen LogP contribution is -2.50. The molecule has 32 heavy (non-hydrogen) atoms. The number of benzene rings is 2. The molecule has 7 nitrogen and oxygen atoms in total. The summed E-state index contributed by atoms with van der Waals surface area (Å²) in [6.45, 7) is 7.02. The van der Waals surface area contributed by atoms with Crippen LogP contribution in [0.25, 0.3) is 11.3 Å². The van der Waals surface area contributed by atoms with Crippen molar-refractivity contribution in [2.45, 2.75) is 19.8 Å². The molecule has 2 amide bonds. The summed E-state index contributed by atoms with van der Waals surface area (Å²) < 4.78 is 5.20. The third kappa shape index (κ3) is 4.99. The first-order valence-corrected chi connectivity index (χ1v) is 10.9. The fourth-order valence-electron chi connectivity index (χ4n) is 3.70. The standard InChI is InChI=1S/C25H29N5O2/c1-18(2)19-4-8-21(9-5-19)26-25(31)30-16-14-29(15-17-30)24-13-12-23(27-28-24)20-6-10-22(32-3)11-7-20/h4-13,18H,14-17H2,1-3H3,(H,26,31). The normalized spacial score (nSPS) is 13.9. The first-order chi connectivity index (χ1) is 15.5. The van der Waals surface area contributed by atoms with Gasteiger partial charge in [-0.2, -0.15) is 0 Å². The van der Waals surface area contributed by atoms with E-state index in [-0.39, 0.29) is 6.03 Å². The molecule has 7 heteroatoms. The predicted molar refractivity (Wildman–Crippen MR) is 127 cm³/mol. The Kier molecular flexibility index (Phi) is 6.54. The first-order valence-electron chi connectivity index (χ1n) is 10.9. The van der Waals surface area contributed by atoms with E-state index in [4.69, 9.17) is 4.74 Å². The third-order valence-electron chi connectivity index (χ3n) is 5.76. The van der Waals surface area contributed by atoms with Crippen LogP contribution in [-0.4, -0.2) is 54.4 Å². The average molecular weight is 432 g/mol. The lowest BCUT2D eigenvalue weighted by Gasteiger charge is -2.35. The molecule has 0 unspecified atom stereocenters. The molecule has 1 N–H and O–H groups in total. The molecule has 4 rings (SSSR count). The van der Waals surface area contributed by atoms with Crippen LogP contribution in [0.3, 0.4) is 0 Å². The zero-order chi connectivity index (χ0) is 22.5. The van der Waals surface area contributed by atoms with E-state index in [0.29, 0.717) is 19.0 Å². The van der Waals surface area contributed by atoms with Crippen molar-refractivity contribution in [3.63, 3.8) is 0 Å². The highest BCUT2D eigenvalue weighted by molar-refractivity contribution is 5.89. The van der Waals surface area contributed by atoms with Gasteiger partial charge in [-0.25, -0.2) is 4.79 Å². The largest absolute Gasteiger partial charge is 0.497 e. The Bertz CT molecular complexity index is 1030. The van der Waals surface area contributed by atoms with Crippen LogP contribution in [0.5, 0.6) is 5.75 Å². The van der Waals surface area contributed by atoms with Gasteiger partial charge < -0.3 is 19.9 Å². The molecule has 1 aliphatic rings. The molecule has 0 spiro atoms. The van der Waals surface area contributed by atoms with Gasteiger partial charge in [0.15, 0.2) is 5.82 Å². The van der Waals surface area contributed by atoms with Crippen molar-refractivity contribution in [2.75, 3.05) is 43.5 Å². The number of aromatic nitrogens is 2. The Morgan fingerprint density at radius 1 is 0.906 bits per heavy atom. The van der Waals surface area contributed by atoms with Gasteiger partial charge >= 0.3 is 6.03 Å². The summed E-state index contributed by atoms with van der Waals surface area (Å²) in [4.78, 5) is 16.6. The van der Waals surface area contributed by atoms with E-state index < -0.39 is 0 Å². The Morgan fingerprint density at radius 2 is 1.59 bits per heavy atom. The van der Waals surface area contributed by atoms with Gasteiger partial charge in [-0.05, 0) is 60.0 Å². The number of rotatable bonds is 5. The van der Waals surface area contributed by atoms with Crippen LogP contribution in [0.1, 0.15) is 25.3 Å². The Labute approximate surface area is 189 Å². The van der Waals surface area contributed by atoms with E-state index in [2.05, 4.69) is 46.4 Å². The molecule has 0 bridgehead atoms. The Balaban J connectivity index is 1.31. The zero-order valence-corrected chi connectivity index (χ0v) is 18.8. The number of ether oxygens (including phenoxy) is 1. The molecule has 3 aromatic rings. The second-order valence-electron chi connectivity index (χ2n) is 8.19. The number of nitrogens with one attached hydrogen (secondary N) is 1. The number of anilines is 2. The lowest BCUT2D eigenvalue weighted by molar-refractivity contribution is 0.208. The van der Waals surface area contributed by atoms with Gasteiger partial charge in [-0.3, -0.25) is 0 Å². The van der Waals surface area contributed by atoms with Crippen molar-refractivity contribution >= 4 is 17.5 Å². The Hall–Kier alpha value is -3.61. The summed E-state index contributed by atoms with van der Waals surface area (Å²) in [5.74, 6) is 2.11. The van der Waals surface area contributed by atoms with E-state index in [1.807, 2.05) is 53.4 Å². The quantitative estimate of drug-likeness (QED) is 0.638. The number of nitrogens with zero attached hydrogens (tertiary/aromatic N) is 4. The number of hydrogen-bond donors (Lipinski definition) is 1. The molecule has 0 aliphatic carbocycles. The molecular weight excluding hydrogens is 402 g/mol. The van der Waals surface area contributed by atoms with Crippen molar-refractivity contribution in [3.05, 3.63) is 66.2 Å². The summed E-state index contributed by atoms with van der Waals surface area (Å²) in [6.07, 6.45) is 0. The maximum Gasteiger partial charge on any atom is 0.321 e. The Morgan fingerprint density at radius 3 is 2.16 bits per heavy atom. The summed E-state index contributed by atoms with van der Waals surface area (Å²) in [5.41, 5.74) is 3.89. The van der Waals surface area contributed by atoms with Crippen molar-refractivity contribution in [2.24, 2.45) is 0 Å². The minimum absolute atomic E-state index is 0.0668. The van der Waals surface area contributed by atoms with E-state index in [1.165, 1.54) is 5.56 Å². The smallest absolute Gasteiger partial charge is 0.321 e. The molecular formula is C25H29N5O2. The summed E-state index contributed by atoms with van der Waals surface area (Å²) in [7, 11) is 1.65. The van der Waals surface area contributed by atoms with Crippen molar-refractivity contribution in [1.29, 1.82) is 0 Å². The SMILES string of the molecule is COc1ccc(-c2ccc(N3CCN(C(=O)Nc4ccc(C(C)C)cc4)CC3)nn2)cc1. The van der Waals surface area contributed by atoms with E-state index in [0.717, 1.165) is 41.6 Å². The fourth-order valence-corrected chi connectivity index (χ4v) is 3.70. The van der Waals surface area contributed by atoms with E-state index >= 15 is 0 Å². The fraction of sp³-hybridized carbons (Fsp3) is 0.320. The van der Waals surface area contributed by atoms with Gasteiger partial charge in [0.1, 0.15) is 5.75 Å². The predicted octanol–water partition coefficient (Wildman–Crippen LogP) is 4.63. The van der Waals surface area contributed by atoms with E-state index in [9.17, 15) is 4.79 Å². The highest BCUT2D eigenvalue weighted by atomic mass is 16.5. The monoisotopic (exact) mass is 431 g/mol. The van der Waals surface area contributed by atoms with Gasteiger partial charge in [0.05, 0.1) is 12.8 Å². The second kappa shape index (κ2) is 9.68. The highest BCUT2D eigenvalue weighted by Crippen LogP contribution is 2.22. The topological polar surface area (TPSA) is 70.6 Å². The molecule has 2 heterocycles. The zero-order valence-electron chi connectivity index (χ0n) is 18.8. The number of methoxy groups -OCH3 is 1. The summed E-state index contributed by atoms with van der Waals surface area (Å²) in [6, 6.07) is 19.7. The number of carbonyl (C=O) groups is 1. The maximum atomic E-state index is 12.6.